The Morgan fingerprint density at radius 1 is 1.05 bits per heavy atom. The minimum Gasteiger partial charge on any atom is -0.463 e. The Kier molecular flexibility index (Phi) is 3.88. The third-order valence-electron chi connectivity index (χ3n) is 3.52. The molecule has 22 heavy (non-hydrogen) atoms. The van der Waals surface area contributed by atoms with Crippen molar-refractivity contribution in [3.8, 4) is 0 Å². The number of benzene rings is 3. The molecule has 0 atom stereocenters. The third-order valence-corrected chi connectivity index (χ3v) is 3.52. The lowest BCUT2D eigenvalue weighted by molar-refractivity contribution is -0.137. The lowest BCUT2D eigenvalue weighted by Crippen LogP contribution is -1.98. The van der Waals surface area contributed by atoms with E-state index >= 15 is 0 Å². The number of hydrogen-bond acceptors (Lipinski definition) is 2. The van der Waals surface area contributed by atoms with E-state index in [9.17, 15) is 9.18 Å². The first kappa shape index (κ1) is 14.3. The van der Waals surface area contributed by atoms with Gasteiger partial charge in [0, 0.05) is 6.08 Å². The monoisotopic (exact) mass is 294 g/mol. The van der Waals surface area contributed by atoms with Gasteiger partial charge in [-0.1, -0.05) is 30.3 Å². The molecule has 0 bridgehead atoms. The summed E-state index contributed by atoms with van der Waals surface area (Å²) in [6.07, 6.45) is 3.15. The zero-order chi connectivity index (χ0) is 15.5. The number of hydrogen-bond donors (Lipinski definition) is 0. The van der Waals surface area contributed by atoms with Gasteiger partial charge in [0.2, 0.25) is 0 Å². The van der Waals surface area contributed by atoms with E-state index in [2.05, 4.69) is 0 Å². The largest absolute Gasteiger partial charge is 0.463 e. The maximum Gasteiger partial charge on any atom is 0.330 e. The van der Waals surface area contributed by atoms with Crippen LogP contribution in [0.2, 0.25) is 0 Å². The molecule has 0 aliphatic rings. The Morgan fingerprint density at radius 2 is 1.73 bits per heavy atom. The van der Waals surface area contributed by atoms with Crippen LogP contribution < -0.4 is 0 Å². The molecule has 110 valence electrons. The van der Waals surface area contributed by atoms with E-state index in [1.165, 1.54) is 18.2 Å². The molecule has 3 aromatic rings. The molecule has 0 unspecified atom stereocenters. The summed E-state index contributed by atoms with van der Waals surface area (Å²) in [7, 11) is 0. The molecule has 0 saturated heterocycles. The van der Waals surface area contributed by atoms with Gasteiger partial charge < -0.3 is 4.74 Å². The minimum absolute atomic E-state index is 0.235. The Balaban J connectivity index is 2.02. The number of ether oxygens (including phenoxy) is 1. The normalized spacial score (nSPS) is 11.4. The second-order valence-electron chi connectivity index (χ2n) is 5.00. The van der Waals surface area contributed by atoms with Crippen molar-refractivity contribution < 1.29 is 13.9 Å². The molecule has 0 aromatic heterocycles. The van der Waals surface area contributed by atoms with Crippen LogP contribution in [0, 0.1) is 5.82 Å². The fourth-order valence-electron chi connectivity index (χ4n) is 2.52. The first-order chi connectivity index (χ1) is 10.7. The van der Waals surface area contributed by atoms with E-state index in [4.69, 9.17) is 4.74 Å². The maximum absolute atomic E-state index is 13.3. The SMILES string of the molecule is CCOC(=O)C=Cc1ccc2c(ccc3cc(F)ccc32)c1. The van der Waals surface area contributed by atoms with Gasteiger partial charge in [0.1, 0.15) is 5.82 Å². The maximum atomic E-state index is 13.3. The summed E-state index contributed by atoms with van der Waals surface area (Å²) in [6, 6.07) is 14.6. The van der Waals surface area contributed by atoms with E-state index in [-0.39, 0.29) is 11.8 Å². The second kappa shape index (κ2) is 5.98. The van der Waals surface area contributed by atoms with Crippen molar-refractivity contribution in [1.82, 2.24) is 0 Å². The molecular formula is C19H15FO2. The van der Waals surface area contributed by atoms with Crippen molar-refractivity contribution in [2.45, 2.75) is 6.92 Å². The molecular weight excluding hydrogens is 279 g/mol. The molecule has 0 heterocycles. The number of rotatable bonds is 3. The van der Waals surface area contributed by atoms with Crippen LogP contribution in [0.15, 0.2) is 54.6 Å². The summed E-state index contributed by atoms with van der Waals surface area (Å²) in [5.74, 6) is -0.586. The number of esters is 1. The first-order valence-corrected chi connectivity index (χ1v) is 7.14. The van der Waals surface area contributed by atoms with E-state index < -0.39 is 0 Å². The molecule has 2 nitrogen and oxygen atoms in total. The highest BCUT2D eigenvalue weighted by Gasteiger charge is 2.02. The van der Waals surface area contributed by atoms with Crippen molar-refractivity contribution in [3.05, 3.63) is 66.0 Å². The fourth-order valence-corrected chi connectivity index (χ4v) is 2.52. The van der Waals surface area contributed by atoms with E-state index in [0.717, 1.165) is 27.1 Å². The Bertz CT molecular complexity index is 881. The van der Waals surface area contributed by atoms with Crippen LogP contribution >= 0.6 is 0 Å². The van der Waals surface area contributed by atoms with Gasteiger partial charge in [-0.3, -0.25) is 0 Å². The molecule has 0 spiro atoms. The van der Waals surface area contributed by atoms with E-state index in [0.29, 0.717) is 6.61 Å². The predicted molar refractivity (Wildman–Crippen MR) is 87.1 cm³/mol. The quantitative estimate of drug-likeness (QED) is 0.397. The van der Waals surface area contributed by atoms with Crippen LogP contribution in [0.5, 0.6) is 0 Å². The predicted octanol–water partition coefficient (Wildman–Crippen LogP) is 4.71. The molecule has 3 heteroatoms. The van der Waals surface area contributed by atoms with Crippen LogP contribution in [0.25, 0.3) is 27.6 Å². The molecule has 0 saturated carbocycles. The molecule has 0 radical (unpaired) electrons. The number of halogens is 1. The van der Waals surface area contributed by atoms with Gasteiger partial charge in [0.15, 0.2) is 0 Å². The molecule has 0 amide bonds. The van der Waals surface area contributed by atoms with E-state index in [1.54, 1.807) is 19.1 Å². The Morgan fingerprint density at radius 3 is 2.45 bits per heavy atom. The van der Waals surface area contributed by atoms with E-state index in [1.807, 2.05) is 30.3 Å². The number of fused-ring (bicyclic) bond motifs is 3. The van der Waals surface area contributed by atoms with Crippen molar-refractivity contribution >= 4 is 33.6 Å². The van der Waals surface area contributed by atoms with Gasteiger partial charge in [-0.25, -0.2) is 9.18 Å². The molecule has 0 N–H and O–H groups in total. The molecule has 0 aliphatic carbocycles. The van der Waals surface area contributed by atoms with Gasteiger partial charge in [-0.15, -0.1) is 0 Å². The van der Waals surface area contributed by atoms with Gasteiger partial charge >= 0.3 is 5.97 Å². The smallest absolute Gasteiger partial charge is 0.330 e. The lowest BCUT2D eigenvalue weighted by atomic mass is 10.00. The van der Waals surface area contributed by atoms with Crippen LogP contribution in [-0.2, 0) is 9.53 Å². The minimum atomic E-state index is -0.350. The summed E-state index contributed by atoms with van der Waals surface area (Å²) >= 11 is 0. The molecule has 0 fully saturated rings. The summed E-state index contributed by atoms with van der Waals surface area (Å²) in [5, 5.41) is 4.00. The number of carbonyl (C=O) groups is 1. The van der Waals surface area contributed by atoms with Gasteiger partial charge in [-0.2, -0.15) is 0 Å². The van der Waals surface area contributed by atoms with Crippen molar-refractivity contribution in [2.75, 3.05) is 6.61 Å². The summed E-state index contributed by atoms with van der Waals surface area (Å²) < 4.78 is 18.1. The van der Waals surface area contributed by atoms with Crippen molar-refractivity contribution in [2.24, 2.45) is 0 Å². The van der Waals surface area contributed by atoms with Crippen LogP contribution in [0.1, 0.15) is 12.5 Å². The lowest BCUT2D eigenvalue weighted by Gasteiger charge is -2.05. The standard InChI is InChI=1S/C19H15FO2/c1-2-22-19(21)10-4-13-3-8-17-14(11-13)5-6-15-12-16(20)7-9-18(15)17/h3-12H,2H2,1H3. The van der Waals surface area contributed by atoms with Gasteiger partial charge in [0.05, 0.1) is 6.61 Å². The highest BCUT2D eigenvalue weighted by atomic mass is 19.1. The molecule has 0 aliphatic heterocycles. The van der Waals surface area contributed by atoms with Gasteiger partial charge in [-0.05, 0) is 58.3 Å². The van der Waals surface area contributed by atoms with Crippen LogP contribution in [-0.4, -0.2) is 12.6 Å². The van der Waals surface area contributed by atoms with Crippen LogP contribution in [0.3, 0.4) is 0 Å². The number of carbonyl (C=O) groups excluding carboxylic acids is 1. The zero-order valence-electron chi connectivity index (χ0n) is 12.2. The molecule has 3 rings (SSSR count). The Labute approximate surface area is 127 Å². The first-order valence-electron chi connectivity index (χ1n) is 7.14. The highest BCUT2D eigenvalue weighted by molar-refractivity contribution is 6.08. The van der Waals surface area contributed by atoms with Crippen molar-refractivity contribution in [1.29, 1.82) is 0 Å². The van der Waals surface area contributed by atoms with Crippen LogP contribution in [0.4, 0.5) is 4.39 Å². The van der Waals surface area contributed by atoms with Gasteiger partial charge in [0.25, 0.3) is 0 Å². The fraction of sp³-hybridized carbons (Fsp3) is 0.105. The zero-order valence-corrected chi connectivity index (χ0v) is 12.2. The molecule has 3 aromatic carbocycles. The van der Waals surface area contributed by atoms with Crippen molar-refractivity contribution in [3.63, 3.8) is 0 Å². The average Bonchev–Trinajstić information content (AvgIpc) is 2.52. The topological polar surface area (TPSA) is 26.3 Å². The summed E-state index contributed by atoms with van der Waals surface area (Å²) in [4.78, 5) is 11.3. The summed E-state index contributed by atoms with van der Waals surface area (Å²) in [6.45, 7) is 2.14. The second-order valence-corrected chi connectivity index (χ2v) is 5.00. The average molecular weight is 294 g/mol. The summed E-state index contributed by atoms with van der Waals surface area (Å²) in [5.41, 5.74) is 0.919. The Hall–Kier alpha value is -2.68. The highest BCUT2D eigenvalue weighted by Crippen LogP contribution is 2.27. The third kappa shape index (κ3) is 2.84.